The Morgan fingerprint density at radius 1 is 0.926 bits per heavy atom. The maximum absolute atomic E-state index is 12.4. The molecule has 0 bridgehead atoms. The first-order valence-electron chi connectivity index (χ1n) is 5.99. The molecule has 18 heteroatoms. The van der Waals surface area contributed by atoms with Gasteiger partial charge in [0.1, 0.15) is 0 Å². The molecule has 27 heavy (non-hydrogen) atoms. The molecule has 154 valence electrons. The van der Waals surface area contributed by atoms with E-state index in [1.165, 1.54) is 0 Å². The van der Waals surface area contributed by atoms with Crippen molar-refractivity contribution < 1.29 is 56.5 Å². The molecule has 0 aliphatic heterocycles. The molecule has 0 aliphatic rings. The highest BCUT2D eigenvalue weighted by Crippen LogP contribution is 2.43. The molecule has 0 radical (unpaired) electrons. The van der Waals surface area contributed by atoms with Gasteiger partial charge in [0.2, 0.25) is 5.75 Å². The third-order valence-corrected chi connectivity index (χ3v) is 4.60. The van der Waals surface area contributed by atoms with E-state index < -0.39 is 64.8 Å². The Balaban J connectivity index is 3.77. The van der Waals surface area contributed by atoms with Crippen LogP contribution < -0.4 is 8.37 Å². The van der Waals surface area contributed by atoms with E-state index >= 15 is 0 Å². The van der Waals surface area contributed by atoms with Crippen LogP contribution in [0.4, 0.5) is 32.0 Å². The Bertz CT molecular complexity index is 983. The molecule has 0 fully saturated rings. The monoisotopic (exact) mass is 448 g/mol. The summed E-state index contributed by atoms with van der Waals surface area (Å²) in [6, 6.07) is 0. The number of nitro groups is 1. The van der Waals surface area contributed by atoms with E-state index in [2.05, 4.69) is 13.4 Å². The largest absolute Gasteiger partial charge is 0.534 e. The first-order valence-corrected chi connectivity index (χ1v) is 8.80. The van der Waals surface area contributed by atoms with E-state index in [0.29, 0.717) is 0 Å². The number of halogens is 6. The highest BCUT2D eigenvalue weighted by molar-refractivity contribution is 7.88. The Hall–Kier alpha value is -2.37. The third kappa shape index (κ3) is 4.49. The SMILES string of the molecule is Cc1nc(OS(=O)(=O)C(F)(F)F)c([N+](=O)[O-])c(OS(=O)(=O)C(F)(F)F)c1C. The fraction of sp³-hybridized carbons (Fsp3) is 0.444. The molecule has 1 rings (SSSR count). The van der Waals surface area contributed by atoms with Crippen molar-refractivity contribution >= 4 is 25.9 Å². The molecule has 0 atom stereocenters. The van der Waals surface area contributed by atoms with Crippen molar-refractivity contribution in [3.05, 3.63) is 21.4 Å². The quantitative estimate of drug-likeness (QED) is 0.217. The molecule has 0 amide bonds. The second-order valence-electron chi connectivity index (χ2n) is 4.53. The highest BCUT2D eigenvalue weighted by atomic mass is 32.2. The second-order valence-corrected chi connectivity index (χ2v) is 7.60. The lowest BCUT2D eigenvalue weighted by molar-refractivity contribution is -0.386. The molecule has 0 saturated carbocycles. The Labute approximate surface area is 146 Å². The van der Waals surface area contributed by atoms with Gasteiger partial charge in [-0.3, -0.25) is 10.1 Å². The summed E-state index contributed by atoms with van der Waals surface area (Å²) in [4.78, 5) is 12.4. The molecule has 1 heterocycles. The van der Waals surface area contributed by atoms with Crippen LogP contribution >= 0.6 is 0 Å². The van der Waals surface area contributed by atoms with Crippen LogP contribution in [0.5, 0.6) is 11.6 Å². The summed E-state index contributed by atoms with van der Waals surface area (Å²) < 4.78 is 126. The van der Waals surface area contributed by atoms with Crippen LogP contribution in [0.15, 0.2) is 0 Å². The van der Waals surface area contributed by atoms with Gasteiger partial charge in [0.05, 0.1) is 4.92 Å². The summed E-state index contributed by atoms with van der Waals surface area (Å²) in [5, 5.41) is 11.0. The number of nitrogens with zero attached hydrogens (tertiary/aromatic N) is 2. The van der Waals surface area contributed by atoms with Crippen molar-refractivity contribution in [3.63, 3.8) is 0 Å². The van der Waals surface area contributed by atoms with Gasteiger partial charge in [0.25, 0.3) is 0 Å². The third-order valence-electron chi connectivity index (χ3n) is 2.70. The fourth-order valence-corrected chi connectivity index (χ4v) is 2.29. The molecule has 0 saturated heterocycles. The van der Waals surface area contributed by atoms with Crippen molar-refractivity contribution in [1.82, 2.24) is 4.98 Å². The minimum Gasteiger partial charge on any atom is -0.368 e. The fourth-order valence-electron chi connectivity index (χ4n) is 1.36. The maximum atomic E-state index is 12.4. The average Bonchev–Trinajstić information content (AvgIpc) is 2.40. The van der Waals surface area contributed by atoms with Gasteiger partial charge in [-0.25, -0.2) is 4.98 Å². The van der Waals surface area contributed by atoms with Crippen molar-refractivity contribution in [2.45, 2.75) is 24.9 Å². The van der Waals surface area contributed by atoms with Gasteiger partial charge in [0, 0.05) is 11.3 Å². The van der Waals surface area contributed by atoms with Gasteiger partial charge in [-0.15, -0.1) is 0 Å². The predicted octanol–water partition coefficient (Wildman–Crippen LogP) is 2.06. The van der Waals surface area contributed by atoms with Crippen molar-refractivity contribution in [1.29, 1.82) is 0 Å². The second kappa shape index (κ2) is 6.66. The molecule has 0 unspecified atom stereocenters. The highest BCUT2D eigenvalue weighted by Gasteiger charge is 2.52. The molecule has 10 nitrogen and oxygen atoms in total. The Kier molecular flexibility index (Phi) is 5.59. The van der Waals surface area contributed by atoms with E-state index in [0.717, 1.165) is 13.8 Å². The van der Waals surface area contributed by atoms with Gasteiger partial charge in [-0.1, -0.05) is 0 Å². The van der Waals surface area contributed by atoms with Crippen molar-refractivity contribution in [3.8, 4) is 11.6 Å². The standard InChI is InChI=1S/C9H6F6N2O8S2/c1-3-4(2)16-7(25-27(22,23)9(13,14)15)5(17(18)19)6(3)24-26(20,21)8(10,11)12/h1-2H3. The number of hydrogen-bond donors (Lipinski definition) is 0. The summed E-state index contributed by atoms with van der Waals surface area (Å²) >= 11 is 0. The van der Waals surface area contributed by atoms with Crippen LogP contribution in [-0.2, 0) is 20.2 Å². The number of alkyl halides is 6. The van der Waals surface area contributed by atoms with Crippen LogP contribution in [0.3, 0.4) is 0 Å². The zero-order chi connectivity index (χ0) is 21.6. The molecular formula is C9H6F6N2O8S2. The van der Waals surface area contributed by atoms with Crippen molar-refractivity contribution in [2.75, 3.05) is 0 Å². The maximum Gasteiger partial charge on any atom is 0.534 e. The molecular weight excluding hydrogens is 442 g/mol. The lowest BCUT2D eigenvalue weighted by Gasteiger charge is -2.15. The van der Waals surface area contributed by atoms with Gasteiger partial charge >= 0.3 is 42.8 Å². The van der Waals surface area contributed by atoms with Crippen LogP contribution in [0.2, 0.25) is 0 Å². The zero-order valence-corrected chi connectivity index (χ0v) is 14.4. The smallest absolute Gasteiger partial charge is 0.368 e. The zero-order valence-electron chi connectivity index (χ0n) is 12.7. The van der Waals surface area contributed by atoms with Crippen LogP contribution in [0, 0.1) is 24.0 Å². The first kappa shape index (κ1) is 22.7. The minimum absolute atomic E-state index is 0.611. The number of rotatable bonds is 5. The minimum atomic E-state index is -6.52. The summed E-state index contributed by atoms with van der Waals surface area (Å²) in [7, 11) is -13.0. The number of hydrogen-bond acceptors (Lipinski definition) is 9. The average molecular weight is 448 g/mol. The molecule has 0 N–H and O–H groups in total. The van der Waals surface area contributed by atoms with E-state index in [9.17, 15) is 53.3 Å². The summed E-state index contributed by atoms with van der Waals surface area (Å²) in [6.45, 7) is 1.65. The molecule has 1 aromatic heterocycles. The Morgan fingerprint density at radius 2 is 1.33 bits per heavy atom. The van der Waals surface area contributed by atoms with E-state index in [-0.39, 0.29) is 0 Å². The van der Waals surface area contributed by atoms with E-state index in [1.807, 2.05) is 0 Å². The van der Waals surface area contributed by atoms with E-state index in [4.69, 9.17) is 0 Å². The van der Waals surface area contributed by atoms with Crippen molar-refractivity contribution in [2.24, 2.45) is 0 Å². The van der Waals surface area contributed by atoms with Crippen LogP contribution in [-0.4, -0.2) is 37.8 Å². The number of aromatic nitrogens is 1. The summed E-state index contributed by atoms with van der Waals surface area (Å²) in [5.74, 6) is -3.65. The van der Waals surface area contributed by atoms with Gasteiger partial charge in [-0.05, 0) is 13.8 Å². The molecule has 0 spiro atoms. The van der Waals surface area contributed by atoms with Gasteiger partial charge < -0.3 is 8.37 Å². The topological polar surface area (TPSA) is 143 Å². The van der Waals surface area contributed by atoms with Crippen LogP contribution in [0.25, 0.3) is 0 Å². The first-order chi connectivity index (χ1) is 11.8. The van der Waals surface area contributed by atoms with Crippen LogP contribution in [0.1, 0.15) is 11.3 Å². The van der Waals surface area contributed by atoms with Gasteiger partial charge in [-0.2, -0.15) is 43.2 Å². The Morgan fingerprint density at radius 3 is 1.70 bits per heavy atom. The number of aryl methyl sites for hydroxylation is 1. The van der Waals surface area contributed by atoms with E-state index in [1.54, 1.807) is 0 Å². The normalized spacial score (nSPS) is 13.3. The summed E-state index contributed by atoms with van der Waals surface area (Å²) in [6.07, 6.45) is 0. The summed E-state index contributed by atoms with van der Waals surface area (Å²) in [5.41, 5.74) is -15.4. The lowest BCUT2D eigenvalue weighted by atomic mass is 10.2. The molecule has 0 aliphatic carbocycles. The number of pyridine rings is 1. The van der Waals surface area contributed by atoms with Gasteiger partial charge in [0.15, 0.2) is 0 Å². The predicted molar refractivity (Wildman–Crippen MR) is 71.6 cm³/mol. The lowest BCUT2D eigenvalue weighted by Crippen LogP contribution is -2.30. The molecule has 0 aromatic carbocycles. The molecule has 1 aromatic rings.